The molecule has 0 amide bonds. The smallest absolute Gasteiger partial charge is 0.137 e. The first-order valence-corrected chi connectivity index (χ1v) is 17.0. The molecule has 0 aliphatic carbocycles. The molecule has 0 saturated heterocycles. The molecular weight excluding hydrogens is 589 g/mol. The molecule has 244 valence electrons. The monoisotopic (exact) mass is 634 g/mol. The number of anilines is 2. The van der Waals surface area contributed by atoms with Crippen molar-refractivity contribution in [2.45, 2.75) is 66.7 Å². The molecule has 0 bridgehead atoms. The van der Waals surface area contributed by atoms with Gasteiger partial charge in [-0.05, 0) is 77.1 Å². The number of nitrogens with zero attached hydrogens (tertiary/aromatic N) is 4. The molecule has 48 heavy (non-hydrogen) atoms. The summed E-state index contributed by atoms with van der Waals surface area (Å²) in [4.78, 5) is 9.58. The number of fused-ring (bicyclic) bond motifs is 3. The number of ether oxygens (including phenoxy) is 1. The van der Waals surface area contributed by atoms with Crippen LogP contribution in [0, 0.1) is 5.41 Å². The second kappa shape index (κ2) is 11.9. The number of aromatic nitrogens is 2. The predicted octanol–water partition coefficient (Wildman–Crippen LogP) is 11.6. The summed E-state index contributed by atoms with van der Waals surface area (Å²) >= 11 is 0. The molecule has 0 spiro atoms. The van der Waals surface area contributed by atoms with Crippen LogP contribution >= 0.6 is 0 Å². The van der Waals surface area contributed by atoms with Gasteiger partial charge in [0.25, 0.3) is 0 Å². The second-order valence-corrected chi connectivity index (χ2v) is 15.3. The number of hydrogen-bond donors (Lipinski definition) is 0. The number of benzene rings is 4. The van der Waals surface area contributed by atoms with Crippen LogP contribution in [0.5, 0.6) is 11.5 Å². The van der Waals surface area contributed by atoms with Gasteiger partial charge in [-0.1, -0.05) is 91.8 Å². The van der Waals surface area contributed by atoms with Crippen LogP contribution in [0.15, 0.2) is 121 Å². The fourth-order valence-electron chi connectivity index (χ4n) is 6.63. The van der Waals surface area contributed by atoms with Gasteiger partial charge in [-0.3, -0.25) is 4.57 Å². The fourth-order valence-corrected chi connectivity index (χ4v) is 6.63. The maximum Gasteiger partial charge on any atom is 0.137 e. The highest BCUT2D eigenvalue weighted by Crippen LogP contribution is 2.40. The van der Waals surface area contributed by atoms with Gasteiger partial charge in [0.2, 0.25) is 0 Å². The number of allylic oxidation sites excluding steroid dienone is 1. The molecule has 3 heterocycles. The Bertz CT molecular complexity index is 2140. The zero-order valence-corrected chi connectivity index (χ0v) is 29.5. The van der Waals surface area contributed by atoms with Crippen molar-refractivity contribution in [1.82, 2.24) is 9.55 Å². The van der Waals surface area contributed by atoms with Gasteiger partial charge in [-0.25, -0.2) is 4.98 Å². The van der Waals surface area contributed by atoms with Crippen molar-refractivity contribution in [3.05, 3.63) is 132 Å². The van der Waals surface area contributed by atoms with Crippen LogP contribution in [0.3, 0.4) is 0 Å². The number of para-hydroxylation sites is 1. The van der Waals surface area contributed by atoms with Gasteiger partial charge in [-0.15, -0.1) is 0 Å². The van der Waals surface area contributed by atoms with Crippen LogP contribution in [0.2, 0.25) is 0 Å². The Kier molecular flexibility index (Phi) is 7.82. The Morgan fingerprint density at radius 2 is 1.40 bits per heavy atom. The lowest BCUT2D eigenvalue weighted by Gasteiger charge is -2.31. The van der Waals surface area contributed by atoms with Crippen molar-refractivity contribution in [3.8, 4) is 17.3 Å². The van der Waals surface area contributed by atoms with Crippen molar-refractivity contribution in [2.24, 2.45) is 5.41 Å². The van der Waals surface area contributed by atoms with Crippen LogP contribution in [0.1, 0.15) is 72.4 Å². The Balaban J connectivity index is 1.23. The van der Waals surface area contributed by atoms with Gasteiger partial charge in [0.05, 0.1) is 17.7 Å². The van der Waals surface area contributed by atoms with E-state index in [0.717, 1.165) is 40.7 Å². The van der Waals surface area contributed by atoms with E-state index >= 15 is 0 Å². The molecule has 0 saturated carbocycles. The topological polar surface area (TPSA) is 33.5 Å². The average Bonchev–Trinajstić information content (AvgIpc) is 3.65. The predicted molar refractivity (Wildman–Crippen MR) is 202 cm³/mol. The van der Waals surface area contributed by atoms with Crippen molar-refractivity contribution in [1.29, 1.82) is 0 Å². The molecule has 7 rings (SSSR count). The van der Waals surface area contributed by atoms with Crippen LogP contribution in [0.25, 0.3) is 27.6 Å². The molecule has 0 unspecified atom stereocenters. The molecule has 5 heteroatoms. The normalized spacial score (nSPS) is 14.0. The quantitative estimate of drug-likeness (QED) is 0.183. The molecule has 0 fully saturated rings. The first-order valence-electron chi connectivity index (χ1n) is 17.0. The summed E-state index contributed by atoms with van der Waals surface area (Å²) in [6, 6.07) is 36.7. The SMILES string of the molecule is CC(C)c1ccc(N2C=C(C(C)(C)C)N(c3cccc(Oc4ccc5c6ccccc6n(-c6cc(C(C)(C)C)ccn6)c5c4)c3)C2)cc1. The summed E-state index contributed by atoms with van der Waals surface area (Å²) in [5, 5.41) is 2.37. The average molecular weight is 635 g/mol. The van der Waals surface area contributed by atoms with Gasteiger partial charge in [-0.2, -0.15) is 0 Å². The first kappa shape index (κ1) is 31.6. The van der Waals surface area contributed by atoms with Crippen molar-refractivity contribution in [3.63, 3.8) is 0 Å². The van der Waals surface area contributed by atoms with Gasteiger partial charge < -0.3 is 14.5 Å². The lowest BCUT2D eigenvalue weighted by Crippen LogP contribution is -2.30. The third-order valence-corrected chi connectivity index (χ3v) is 9.37. The van der Waals surface area contributed by atoms with Crippen molar-refractivity contribution < 1.29 is 4.74 Å². The third-order valence-electron chi connectivity index (χ3n) is 9.37. The summed E-state index contributed by atoms with van der Waals surface area (Å²) in [5.74, 6) is 3.01. The van der Waals surface area contributed by atoms with Crippen molar-refractivity contribution in [2.75, 3.05) is 16.5 Å². The van der Waals surface area contributed by atoms with Gasteiger partial charge >= 0.3 is 0 Å². The Morgan fingerprint density at radius 3 is 2.12 bits per heavy atom. The molecule has 5 nitrogen and oxygen atoms in total. The Hall–Kier alpha value is -5.03. The minimum atomic E-state index is -0.0414. The van der Waals surface area contributed by atoms with E-state index in [9.17, 15) is 0 Å². The summed E-state index contributed by atoms with van der Waals surface area (Å²) in [7, 11) is 0. The summed E-state index contributed by atoms with van der Waals surface area (Å²) in [5.41, 5.74) is 8.35. The van der Waals surface area contributed by atoms with Crippen LogP contribution < -0.4 is 14.5 Å². The zero-order valence-electron chi connectivity index (χ0n) is 29.5. The molecule has 4 aromatic carbocycles. The standard InChI is InChI=1S/C43H46N4O/c1-29(2)30-16-18-32(19-17-30)45-27-40(43(6,7)8)46(28-45)33-12-11-13-34(25-33)48-35-20-21-37-36-14-9-10-15-38(36)47(39(37)26-35)41-24-31(22-23-44-41)42(3,4)5/h9-27,29H,28H2,1-8H3. The molecule has 2 aromatic heterocycles. The molecule has 1 aliphatic heterocycles. The summed E-state index contributed by atoms with van der Waals surface area (Å²) < 4.78 is 8.89. The fraction of sp³-hybridized carbons (Fsp3) is 0.279. The Morgan fingerprint density at radius 1 is 0.667 bits per heavy atom. The van der Waals surface area contributed by atoms with E-state index in [0.29, 0.717) is 5.92 Å². The van der Waals surface area contributed by atoms with E-state index in [2.05, 4.69) is 173 Å². The lowest BCUT2D eigenvalue weighted by atomic mass is 9.88. The van der Waals surface area contributed by atoms with Gasteiger partial charge in [0, 0.05) is 57.8 Å². The van der Waals surface area contributed by atoms with E-state index in [-0.39, 0.29) is 10.8 Å². The third kappa shape index (κ3) is 5.94. The lowest BCUT2D eigenvalue weighted by molar-refractivity contribution is 0.481. The largest absolute Gasteiger partial charge is 0.457 e. The number of hydrogen-bond acceptors (Lipinski definition) is 4. The molecule has 6 aromatic rings. The molecule has 0 N–H and O–H groups in total. The van der Waals surface area contributed by atoms with Gasteiger partial charge in [0.15, 0.2) is 0 Å². The second-order valence-electron chi connectivity index (χ2n) is 15.3. The van der Waals surface area contributed by atoms with E-state index in [1.165, 1.54) is 33.3 Å². The number of rotatable bonds is 6. The summed E-state index contributed by atoms with van der Waals surface area (Å²) in [6.07, 6.45) is 4.22. The minimum absolute atomic E-state index is 0.0164. The molecule has 0 radical (unpaired) electrons. The highest BCUT2D eigenvalue weighted by molar-refractivity contribution is 6.09. The maximum absolute atomic E-state index is 6.63. The van der Waals surface area contributed by atoms with E-state index in [1.807, 2.05) is 12.3 Å². The van der Waals surface area contributed by atoms with E-state index in [1.54, 1.807) is 0 Å². The molecular formula is C43H46N4O. The van der Waals surface area contributed by atoms with Crippen LogP contribution in [-0.4, -0.2) is 16.2 Å². The van der Waals surface area contributed by atoms with Crippen LogP contribution in [0.4, 0.5) is 11.4 Å². The van der Waals surface area contributed by atoms with Gasteiger partial charge in [0.1, 0.15) is 17.3 Å². The Labute approximate surface area is 285 Å². The zero-order chi connectivity index (χ0) is 33.8. The van der Waals surface area contributed by atoms with E-state index in [4.69, 9.17) is 9.72 Å². The first-order chi connectivity index (χ1) is 22.9. The molecule has 0 atom stereocenters. The van der Waals surface area contributed by atoms with Crippen LogP contribution in [-0.2, 0) is 5.41 Å². The summed E-state index contributed by atoms with van der Waals surface area (Å²) in [6.45, 7) is 18.8. The highest BCUT2D eigenvalue weighted by Gasteiger charge is 2.31. The maximum atomic E-state index is 6.63. The van der Waals surface area contributed by atoms with E-state index < -0.39 is 0 Å². The molecule has 1 aliphatic rings. The number of pyridine rings is 1. The minimum Gasteiger partial charge on any atom is -0.457 e. The van der Waals surface area contributed by atoms with Crippen molar-refractivity contribution >= 4 is 33.2 Å². The highest BCUT2D eigenvalue weighted by atomic mass is 16.5.